The van der Waals surface area contributed by atoms with E-state index in [2.05, 4.69) is 17.2 Å². The molecule has 17 heavy (non-hydrogen) atoms. The van der Waals surface area contributed by atoms with E-state index in [0.29, 0.717) is 6.04 Å². The number of anilines is 1. The second-order valence-corrected chi connectivity index (χ2v) is 5.39. The molecule has 94 valence electrons. The van der Waals surface area contributed by atoms with Gasteiger partial charge in [-0.3, -0.25) is 4.98 Å². The van der Waals surface area contributed by atoms with Crippen molar-refractivity contribution in [3.05, 3.63) is 23.5 Å². The summed E-state index contributed by atoms with van der Waals surface area (Å²) in [5, 5.41) is 4.31. The summed E-state index contributed by atoms with van der Waals surface area (Å²) in [7, 11) is 0. The molecule has 1 aliphatic rings. The van der Waals surface area contributed by atoms with Crippen molar-refractivity contribution in [1.29, 1.82) is 0 Å². The second-order valence-electron chi connectivity index (χ2n) is 4.98. The summed E-state index contributed by atoms with van der Waals surface area (Å²) >= 11 is 6.14. The molecule has 1 saturated carbocycles. The molecule has 3 heteroatoms. The predicted molar refractivity (Wildman–Crippen MR) is 73.5 cm³/mol. The number of rotatable bonds is 3. The first-order valence-electron chi connectivity index (χ1n) is 6.65. The lowest BCUT2D eigenvalue weighted by atomic mass is 9.98. The molecule has 2 rings (SSSR count). The molecule has 1 heterocycles. The number of hydrogen-bond donors (Lipinski definition) is 1. The molecular weight excluding hydrogens is 232 g/mol. The SMILES string of the molecule is CCC1CCCC(Nc2cnccc2Cl)CC1. The quantitative estimate of drug-likeness (QED) is 0.801. The molecule has 1 aromatic rings. The minimum atomic E-state index is 0.563. The molecule has 0 radical (unpaired) electrons. The largest absolute Gasteiger partial charge is 0.380 e. The van der Waals surface area contributed by atoms with Crippen LogP contribution >= 0.6 is 11.6 Å². The van der Waals surface area contributed by atoms with Crippen LogP contribution in [-0.2, 0) is 0 Å². The van der Waals surface area contributed by atoms with Crippen LogP contribution in [0.2, 0.25) is 5.02 Å². The van der Waals surface area contributed by atoms with Gasteiger partial charge in [-0.15, -0.1) is 0 Å². The number of hydrogen-bond acceptors (Lipinski definition) is 2. The molecule has 2 nitrogen and oxygen atoms in total. The Hall–Kier alpha value is -0.760. The summed E-state index contributed by atoms with van der Waals surface area (Å²) in [6.45, 7) is 2.30. The van der Waals surface area contributed by atoms with Crippen molar-refractivity contribution in [2.75, 3.05) is 5.32 Å². The summed E-state index contributed by atoms with van der Waals surface area (Å²) in [6, 6.07) is 2.41. The Morgan fingerprint density at radius 2 is 2.24 bits per heavy atom. The molecule has 0 saturated heterocycles. The minimum absolute atomic E-state index is 0.563. The first kappa shape index (κ1) is 12.7. The van der Waals surface area contributed by atoms with Gasteiger partial charge in [0.15, 0.2) is 0 Å². The highest BCUT2D eigenvalue weighted by atomic mass is 35.5. The molecule has 1 N–H and O–H groups in total. The molecule has 0 aliphatic heterocycles. The summed E-state index contributed by atoms with van der Waals surface area (Å²) in [5.41, 5.74) is 0.981. The first-order chi connectivity index (χ1) is 8.29. The van der Waals surface area contributed by atoms with Crippen LogP contribution in [0.3, 0.4) is 0 Å². The van der Waals surface area contributed by atoms with Gasteiger partial charge in [-0.05, 0) is 31.2 Å². The Kier molecular flexibility index (Phi) is 4.66. The van der Waals surface area contributed by atoms with E-state index in [1.165, 1.54) is 38.5 Å². The minimum Gasteiger partial charge on any atom is -0.380 e. The van der Waals surface area contributed by atoms with Crippen LogP contribution in [0.5, 0.6) is 0 Å². The third-order valence-electron chi connectivity index (χ3n) is 3.79. The fourth-order valence-corrected chi connectivity index (χ4v) is 2.79. The first-order valence-corrected chi connectivity index (χ1v) is 7.03. The normalized spacial score (nSPS) is 25.3. The molecular formula is C14H21ClN2. The number of aromatic nitrogens is 1. The highest BCUT2D eigenvalue weighted by molar-refractivity contribution is 6.33. The van der Waals surface area contributed by atoms with Crippen LogP contribution in [0.4, 0.5) is 5.69 Å². The van der Waals surface area contributed by atoms with Crippen molar-refractivity contribution in [3.63, 3.8) is 0 Å². The van der Waals surface area contributed by atoms with Gasteiger partial charge < -0.3 is 5.32 Å². The van der Waals surface area contributed by atoms with Crippen LogP contribution < -0.4 is 5.32 Å². The van der Waals surface area contributed by atoms with Crippen LogP contribution in [0.1, 0.15) is 45.4 Å². The van der Waals surface area contributed by atoms with Gasteiger partial charge in [-0.2, -0.15) is 0 Å². The molecule has 0 bridgehead atoms. The molecule has 1 fully saturated rings. The van der Waals surface area contributed by atoms with Crippen LogP contribution in [0.15, 0.2) is 18.5 Å². The molecule has 2 atom stereocenters. The molecule has 0 amide bonds. The zero-order chi connectivity index (χ0) is 12.1. The lowest BCUT2D eigenvalue weighted by molar-refractivity contribution is 0.444. The van der Waals surface area contributed by atoms with Gasteiger partial charge in [0.1, 0.15) is 0 Å². The molecule has 2 unspecified atom stereocenters. The van der Waals surface area contributed by atoms with Gasteiger partial charge in [0, 0.05) is 12.2 Å². The van der Waals surface area contributed by atoms with Gasteiger partial charge in [-0.1, -0.05) is 37.8 Å². The van der Waals surface area contributed by atoms with Crippen LogP contribution in [-0.4, -0.2) is 11.0 Å². The maximum Gasteiger partial charge on any atom is 0.0718 e. The Balaban J connectivity index is 1.93. The van der Waals surface area contributed by atoms with Gasteiger partial charge in [-0.25, -0.2) is 0 Å². The number of pyridine rings is 1. The van der Waals surface area contributed by atoms with Crippen molar-refractivity contribution >= 4 is 17.3 Å². The van der Waals surface area contributed by atoms with E-state index in [1.807, 2.05) is 12.3 Å². The number of nitrogens with one attached hydrogen (secondary N) is 1. The van der Waals surface area contributed by atoms with Crippen LogP contribution in [0.25, 0.3) is 0 Å². The van der Waals surface area contributed by atoms with Crippen molar-refractivity contribution < 1.29 is 0 Å². The summed E-state index contributed by atoms with van der Waals surface area (Å²) < 4.78 is 0. The average molecular weight is 253 g/mol. The molecule has 1 aromatic heterocycles. The van der Waals surface area contributed by atoms with E-state index in [0.717, 1.165) is 16.6 Å². The van der Waals surface area contributed by atoms with E-state index in [4.69, 9.17) is 11.6 Å². The van der Waals surface area contributed by atoms with E-state index in [-0.39, 0.29) is 0 Å². The standard InChI is InChI=1S/C14H21ClN2/c1-2-11-4-3-5-12(7-6-11)17-14-10-16-9-8-13(14)15/h8-12,17H,2-7H2,1H3. The zero-order valence-electron chi connectivity index (χ0n) is 10.5. The fourth-order valence-electron chi connectivity index (χ4n) is 2.63. The third-order valence-corrected chi connectivity index (χ3v) is 4.12. The topological polar surface area (TPSA) is 24.9 Å². The van der Waals surface area contributed by atoms with Crippen molar-refractivity contribution in [2.45, 2.75) is 51.5 Å². The van der Waals surface area contributed by atoms with Crippen LogP contribution in [0, 0.1) is 5.92 Å². The maximum atomic E-state index is 6.14. The van der Waals surface area contributed by atoms with Gasteiger partial charge in [0.2, 0.25) is 0 Å². The molecule has 0 aromatic carbocycles. The van der Waals surface area contributed by atoms with E-state index in [9.17, 15) is 0 Å². The fraction of sp³-hybridized carbons (Fsp3) is 0.643. The van der Waals surface area contributed by atoms with Crippen molar-refractivity contribution in [1.82, 2.24) is 4.98 Å². The average Bonchev–Trinajstić information content (AvgIpc) is 2.57. The van der Waals surface area contributed by atoms with Gasteiger partial charge in [0.05, 0.1) is 16.9 Å². The van der Waals surface area contributed by atoms with Gasteiger partial charge in [0.25, 0.3) is 0 Å². The second kappa shape index (κ2) is 6.25. The number of nitrogens with zero attached hydrogens (tertiary/aromatic N) is 1. The Morgan fingerprint density at radius 3 is 3.00 bits per heavy atom. The van der Waals surface area contributed by atoms with E-state index >= 15 is 0 Å². The maximum absolute atomic E-state index is 6.14. The molecule has 1 aliphatic carbocycles. The van der Waals surface area contributed by atoms with Crippen molar-refractivity contribution in [3.8, 4) is 0 Å². The third kappa shape index (κ3) is 3.60. The zero-order valence-corrected chi connectivity index (χ0v) is 11.2. The van der Waals surface area contributed by atoms with E-state index in [1.54, 1.807) is 6.20 Å². The Labute approximate surface area is 109 Å². The highest BCUT2D eigenvalue weighted by Crippen LogP contribution is 2.28. The predicted octanol–water partition coefficient (Wildman–Crippen LogP) is 4.51. The summed E-state index contributed by atoms with van der Waals surface area (Å²) in [6.07, 6.45) is 11.4. The smallest absolute Gasteiger partial charge is 0.0718 e. The summed E-state index contributed by atoms with van der Waals surface area (Å²) in [4.78, 5) is 4.12. The highest BCUT2D eigenvalue weighted by Gasteiger charge is 2.18. The summed E-state index contributed by atoms with van der Waals surface area (Å²) in [5.74, 6) is 0.922. The van der Waals surface area contributed by atoms with Gasteiger partial charge >= 0.3 is 0 Å². The van der Waals surface area contributed by atoms with E-state index < -0.39 is 0 Å². The lowest BCUT2D eigenvalue weighted by Crippen LogP contribution is -2.18. The Bertz CT molecular complexity index is 354. The van der Waals surface area contributed by atoms with Crippen molar-refractivity contribution in [2.24, 2.45) is 5.92 Å². The lowest BCUT2D eigenvalue weighted by Gasteiger charge is -2.18. The Morgan fingerprint density at radius 1 is 1.35 bits per heavy atom. The number of halogens is 1. The molecule has 0 spiro atoms. The monoisotopic (exact) mass is 252 g/mol.